The maximum atomic E-state index is 12.0. The minimum absolute atomic E-state index is 0.146. The molecular formula is C13H11N3O4. The van der Waals surface area contributed by atoms with E-state index in [1.165, 1.54) is 25.6 Å². The lowest BCUT2D eigenvalue weighted by atomic mass is 10.1. The number of benzene rings is 1. The van der Waals surface area contributed by atoms with Gasteiger partial charge < -0.3 is 15.0 Å². The second kappa shape index (κ2) is 5.79. The number of rotatable bonds is 3. The van der Waals surface area contributed by atoms with Crippen LogP contribution >= 0.6 is 0 Å². The maximum absolute atomic E-state index is 12.0. The van der Waals surface area contributed by atoms with Crippen molar-refractivity contribution in [1.29, 1.82) is 0 Å². The number of methoxy groups -OCH3 is 1. The molecule has 2 aromatic rings. The van der Waals surface area contributed by atoms with Crippen molar-refractivity contribution in [2.45, 2.75) is 0 Å². The van der Waals surface area contributed by atoms with Crippen molar-refractivity contribution in [3.63, 3.8) is 0 Å². The molecule has 1 heterocycles. The summed E-state index contributed by atoms with van der Waals surface area (Å²) in [5.41, 5.74) is -0.253. The van der Waals surface area contributed by atoms with E-state index in [9.17, 15) is 14.4 Å². The van der Waals surface area contributed by atoms with Crippen LogP contribution in [-0.4, -0.2) is 29.0 Å². The lowest BCUT2D eigenvalue weighted by molar-refractivity contribution is 0.0602. The van der Waals surface area contributed by atoms with Crippen LogP contribution in [0.4, 0.5) is 5.69 Å². The zero-order valence-electron chi connectivity index (χ0n) is 10.5. The third-order valence-corrected chi connectivity index (χ3v) is 2.54. The topological polar surface area (TPSA) is 101 Å². The summed E-state index contributed by atoms with van der Waals surface area (Å²) in [7, 11) is 1.24. The van der Waals surface area contributed by atoms with Crippen molar-refractivity contribution < 1.29 is 14.3 Å². The number of hydrogen-bond acceptors (Lipinski definition) is 5. The molecule has 2 N–H and O–H groups in total. The average Bonchev–Trinajstić information content (AvgIpc) is 2.47. The molecule has 0 aliphatic heterocycles. The Balaban J connectivity index is 2.32. The number of para-hydroxylation sites is 1. The number of carbonyl (C=O) groups excluding carboxylic acids is 2. The van der Waals surface area contributed by atoms with E-state index in [1.807, 2.05) is 0 Å². The molecule has 1 aromatic carbocycles. The molecule has 0 unspecified atom stereocenters. The van der Waals surface area contributed by atoms with Crippen molar-refractivity contribution >= 4 is 17.6 Å². The van der Waals surface area contributed by atoms with E-state index < -0.39 is 17.4 Å². The quantitative estimate of drug-likeness (QED) is 0.806. The SMILES string of the molecule is COC(=O)c1ccccc1NC(=O)c1cnc[nH]c1=O. The summed E-state index contributed by atoms with van der Waals surface area (Å²) in [6.07, 6.45) is 2.33. The highest BCUT2D eigenvalue weighted by Crippen LogP contribution is 2.16. The van der Waals surface area contributed by atoms with E-state index in [4.69, 9.17) is 0 Å². The summed E-state index contributed by atoms with van der Waals surface area (Å²) in [4.78, 5) is 41.0. The molecule has 0 saturated carbocycles. The molecule has 0 aliphatic carbocycles. The summed E-state index contributed by atoms with van der Waals surface area (Å²) >= 11 is 0. The zero-order chi connectivity index (χ0) is 14.5. The molecule has 7 nitrogen and oxygen atoms in total. The fourth-order valence-electron chi connectivity index (χ4n) is 1.58. The highest BCUT2D eigenvalue weighted by atomic mass is 16.5. The molecule has 102 valence electrons. The molecule has 0 fully saturated rings. The van der Waals surface area contributed by atoms with Gasteiger partial charge in [0.05, 0.1) is 24.7 Å². The first-order valence-corrected chi connectivity index (χ1v) is 5.65. The molecule has 0 aliphatic rings. The molecule has 0 saturated heterocycles. The molecule has 0 spiro atoms. The minimum Gasteiger partial charge on any atom is -0.465 e. The Morgan fingerprint density at radius 3 is 2.70 bits per heavy atom. The van der Waals surface area contributed by atoms with Crippen LogP contribution in [0.2, 0.25) is 0 Å². The first kappa shape index (κ1) is 13.5. The van der Waals surface area contributed by atoms with Gasteiger partial charge in [-0.1, -0.05) is 12.1 Å². The van der Waals surface area contributed by atoms with Crippen LogP contribution in [0.25, 0.3) is 0 Å². The third kappa shape index (κ3) is 2.72. The van der Waals surface area contributed by atoms with E-state index in [0.29, 0.717) is 0 Å². The first-order chi connectivity index (χ1) is 9.63. The standard InChI is InChI=1S/C13H11N3O4/c1-20-13(19)8-4-2-3-5-10(8)16-12(18)9-6-14-7-15-11(9)17/h2-7H,1H3,(H,16,18)(H,14,15,17). The van der Waals surface area contributed by atoms with Crippen LogP contribution in [0, 0.1) is 0 Å². The summed E-state index contributed by atoms with van der Waals surface area (Å²) in [5, 5.41) is 2.48. The molecule has 2 rings (SSSR count). The fourth-order valence-corrected chi connectivity index (χ4v) is 1.58. The second-order valence-corrected chi connectivity index (χ2v) is 3.79. The number of carbonyl (C=O) groups is 2. The van der Waals surface area contributed by atoms with Gasteiger partial charge >= 0.3 is 5.97 Å². The molecule has 0 atom stereocenters. The number of amides is 1. The third-order valence-electron chi connectivity index (χ3n) is 2.54. The Kier molecular flexibility index (Phi) is 3.90. The van der Waals surface area contributed by atoms with Crippen LogP contribution in [0.15, 0.2) is 41.6 Å². The van der Waals surface area contributed by atoms with Crippen LogP contribution in [-0.2, 0) is 4.74 Å². The Morgan fingerprint density at radius 2 is 2.00 bits per heavy atom. The number of H-pyrrole nitrogens is 1. The number of anilines is 1. The van der Waals surface area contributed by atoms with Crippen molar-refractivity contribution in [3.8, 4) is 0 Å². The van der Waals surface area contributed by atoms with E-state index in [-0.39, 0.29) is 16.8 Å². The van der Waals surface area contributed by atoms with Crippen molar-refractivity contribution in [3.05, 3.63) is 58.3 Å². The summed E-state index contributed by atoms with van der Waals surface area (Å²) in [6.45, 7) is 0. The maximum Gasteiger partial charge on any atom is 0.339 e. The lowest BCUT2D eigenvalue weighted by Gasteiger charge is -2.08. The largest absolute Gasteiger partial charge is 0.465 e. The normalized spacial score (nSPS) is 9.85. The Bertz CT molecular complexity index is 709. The number of nitrogens with zero attached hydrogens (tertiary/aromatic N) is 1. The van der Waals surface area contributed by atoms with Gasteiger partial charge in [-0.3, -0.25) is 9.59 Å². The van der Waals surface area contributed by atoms with Gasteiger partial charge in [0, 0.05) is 6.20 Å². The number of nitrogens with one attached hydrogen (secondary N) is 2. The molecular weight excluding hydrogens is 262 g/mol. The van der Waals surface area contributed by atoms with Gasteiger partial charge in [0.1, 0.15) is 5.56 Å². The monoisotopic (exact) mass is 273 g/mol. The van der Waals surface area contributed by atoms with E-state index in [1.54, 1.807) is 12.1 Å². The van der Waals surface area contributed by atoms with E-state index in [2.05, 4.69) is 20.0 Å². The number of ether oxygens (including phenoxy) is 1. The van der Waals surface area contributed by atoms with Gasteiger partial charge in [0.2, 0.25) is 0 Å². The molecule has 20 heavy (non-hydrogen) atoms. The van der Waals surface area contributed by atoms with Crippen LogP contribution in [0.3, 0.4) is 0 Å². The number of aromatic nitrogens is 2. The van der Waals surface area contributed by atoms with Crippen molar-refractivity contribution in [1.82, 2.24) is 9.97 Å². The predicted molar refractivity (Wildman–Crippen MR) is 70.6 cm³/mol. The van der Waals surface area contributed by atoms with Crippen molar-refractivity contribution in [2.24, 2.45) is 0 Å². The van der Waals surface area contributed by atoms with Gasteiger partial charge in [0.15, 0.2) is 0 Å². The minimum atomic E-state index is -0.657. The fraction of sp³-hybridized carbons (Fsp3) is 0.0769. The van der Waals surface area contributed by atoms with Crippen LogP contribution in [0.1, 0.15) is 20.7 Å². The average molecular weight is 273 g/mol. The second-order valence-electron chi connectivity index (χ2n) is 3.79. The summed E-state index contributed by atoms with van der Waals surface area (Å²) in [5.74, 6) is -1.24. The van der Waals surface area contributed by atoms with Crippen LogP contribution in [0.5, 0.6) is 0 Å². The molecule has 0 radical (unpaired) electrons. The smallest absolute Gasteiger partial charge is 0.339 e. The van der Waals surface area contributed by atoms with E-state index >= 15 is 0 Å². The van der Waals surface area contributed by atoms with E-state index in [0.717, 1.165) is 6.20 Å². The first-order valence-electron chi connectivity index (χ1n) is 5.65. The lowest BCUT2D eigenvalue weighted by Crippen LogP contribution is -2.24. The Hall–Kier alpha value is -2.96. The molecule has 1 amide bonds. The van der Waals surface area contributed by atoms with Crippen molar-refractivity contribution in [2.75, 3.05) is 12.4 Å². The zero-order valence-corrected chi connectivity index (χ0v) is 10.5. The summed E-state index contributed by atoms with van der Waals surface area (Å²) in [6, 6.07) is 6.33. The predicted octanol–water partition coefficient (Wildman–Crippen LogP) is 0.809. The Labute approximate surface area is 113 Å². The van der Waals surface area contributed by atoms with Gasteiger partial charge in [-0.2, -0.15) is 0 Å². The van der Waals surface area contributed by atoms with Gasteiger partial charge in [-0.25, -0.2) is 9.78 Å². The Morgan fingerprint density at radius 1 is 1.25 bits per heavy atom. The summed E-state index contributed by atoms with van der Waals surface area (Å²) < 4.78 is 4.62. The number of esters is 1. The molecule has 7 heteroatoms. The molecule has 1 aromatic heterocycles. The highest BCUT2D eigenvalue weighted by Gasteiger charge is 2.16. The highest BCUT2D eigenvalue weighted by molar-refractivity contribution is 6.07. The number of aromatic amines is 1. The van der Waals surface area contributed by atoms with Gasteiger partial charge in [0.25, 0.3) is 11.5 Å². The van der Waals surface area contributed by atoms with Crippen LogP contribution < -0.4 is 10.9 Å². The number of hydrogen-bond donors (Lipinski definition) is 2. The molecule has 0 bridgehead atoms. The van der Waals surface area contributed by atoms with Gasteiger partial charge in [-0.15, -0.1) is 0 Å². The van der Waals surface area contributed by atoms with Gasteiger partial charge in [-0.05, 0) is 12.1 Å².